The SMILES string of the molecule is CCOC(=O)c1cc(S(=O)(=O)Cl)cn1CC. The van der Waals surface area contributed by atoms with E-state index in [1.54, 1.807) is 13.8 Å². The Morgan fingerprint density at radius 3 is 2.56 bits per heavy atom. The molecule has 0 saturated heterocycles. The number of aromatic nitrogens is 1. The van der Waals surface area contributed by atoms with Crippen LogP contribution in [0.2, 0.25) is 0 Å². The van der Waals surface area contributed by atoms with Gasteiger partial charge in [-0.25, -0.2) is 13.2 Å². The molecule has 1 aromatic rings. The molecule has 0 aliphatic heterocycles. The van der Waals surface area contributed by atoms with Gasteiger partial charge in [0, 0.05) is 23.4 Å². The zero-order valence-corrected chi connectivity index (χ0v) is 10.5. The van der Waals surface area contributed by atoms with Crippen molar-refractivity contribution in [3.05, 3.63) is 18.0 Å². The monoisotopic (exact) mass is 265 g/mol. The Morgan fingerprint density at radius 1 is 1.50 bits per heavy atom. The summed E-state index contributed by atoms with van der Waals surface area (Å²) < 4.78 is 28.5. The van der Waals surface area contributed by atoms with Gasteiger partial charge >= 0.3 is 5.97 Å². The minimum atomic E-state index is -3.82. The first-order valence-electron chi connectivity index (χ1n) is 4.72. The summed E-state index contributed by atoms with van der Waals surface area (Å²) >= 11 is 0. The summed E-state index contributed by atoms with van der Waals surface area (Å²) in [5.41, 5.74) is 0.184. The fourth-order valence-corrected chi connectivity index (χ4v) is 2.01. The van der Waals surface area contributed by atoms with Gasteiger partial charge in [0.15, 0.2) is 0 Å². The third-order valence-electron chi connectivity index (χ3n) is 1.98. The van der Waals surface area contributed by atoms with Crippen molar-refractivity contribution < 1.29 is 17.9 Å². The van der Waals surface area contributed by atoms with Crippen LogP contribution >= 0.6 is 10.7 Å². The predicted octanol–water partition coefficient (Wildman–Crippen LogP) is 1.61. The number of hydrogen-bond donors (Lipinski definition) is 0. The van der Waals surface area contributed by atoms with Gasteiger partial charge < -0.3 is 9.30 Å². The van der Waals surface area contributed by atoms with E-state index in [4.69, 9.17) is 15.4 Å². The number of rotatable bonds is 4. The Morgan fingerprint density at radius 2 is 2.12 bits per heavy atom. The van der Waals surface area contributed by atoms with Gasteiger partial charge in [0.05, 0.1) is 6.61 Å². The molecule has 0 radical (unpaired) electrons. The highest BCUT2D eigenvalue weighted by atomic mass is 35.7. The zero-order valence-electron chi connectivity index (χ0n) is 8.94. The van der Waals surface area contributed by atoms with E-state index >= 15 is 0 Å². The third kappa shape index (κ3) is 2.76. The predicted molar refractivity (Wildman–Crippen MR) is 59.1 cm³/mol. The van der Waals surface area contributed by atoms with Gasteiger partial charge in [-0.1, -0.05) is 0 Å². The van der Waals surface area contributed by atoms with E-state index in [2.05, 4.69) is 0 Å². The summed E-state index contributed by atoms with van der Waals surface area (Å²) in [5, 5.41) is 0. The fraction of sp³-hybridized carbons (Fsp3) is 0.444. The van der Waals surface area contributed by atoms with Crippen molar-refractivity contribution in [2.24, 2.45) is 0 Å². The van der Waals surface area contributed by atoms with Crippen molar-refractivity contribution in [3.8, 4) is 0 Å². The molecular formula is C9H12ClNO4S. The molecular weight excluding hydrogens is 254 g/mol. The second kappa shape index (κ2) is 4.88. The Hall–Kier alpha value is -1.01. The lowest BCUT2D eigenvalue weighted by atomic mass is 10.4. The molecule has 1 rings (SSSR count). The molecule has 0 atom stereocenters. The van der Waals surface area contributed by atoms with Crippen molar-refractivity contribution >= 4 is 25.7 Å². The average Bonchev–Trinajstić information content (AvgIpc) is 2.61. The molecule has 5 nitrogen and oxygen atoms in total. The standard InChI is InChI=1S/C9H12ClNO4S/c1-3-11-6-7(16(10,13)14)5-8(11)9(12)15-4-2/h5-6H,3-4H2,1-2H3. The van der Waals surface area contributed by atoms with Gasteiger partial charge in [0.1, 0.15) is 10.6 Å². The number of carbonyl (C=O) groups is 1. The van der Waals surface area contributed by atoms with Crippen LogP contribution in [0.25, 0.3) is 0 Å². The molecule has 0 saturated carbocycles. The molecule has 0 spiro atoms. The van der Waals surface area contributed by atoms with Gasteiger partial charge in [-0.15, -0.1) is 0 Å². The summed E-state index contributed by atoms with van der Waals surface area (Å²) in [6.45, 7) is 4.15. The molecule has 0 bridgehead atoms. The smallest absolute Gasteiger partial charge is 0.354 e. The highest BCUT2D eigenvalue weighted by Crippen LogP contribution is 2.19. The first kappa shape index (κ1) is 13.1. The number of halogens is 1. The molecule has 0 aliphatic carbocycles. The average molecular weight is 266 g/mol. The number of carbonyl (C=O) groups excluding carboxylic acids is 1. The van der Waals surface area contributed by atoms with Crippen LogP contribution in [-0.4, -0.2) is 25.6 Å². The van der Waals surface area contributed by atoms with E-state index in [9.17, 15) is 13.2 Å². The molecule has 1 aromatic heterocycles. The van der Waals surface area contributed by atoms with Crippen LogP contribution in [0.4, 0.5) is 0 Å². The maximum atomic E-state index is 11.5. The van der Waals surface area contributed by atoms with E-state index in [0.717, 1.165) is 0 Å². The van der Waals surface area contributed by atoms with Gasteiger partial charge in [-0.05, 0) is 19.9 Å². The van der Waals surface area contributed by atoms with E-state index in [-0.39, 0.29) is 17.2 Å². The second-order valence-electron chi connectivity index (χ2n) is 3.01. The normalized spacial score (nSPS) is 11.4. The number of ether oxygens (including phenoxy) is 1. The van der Waals surface area contributed by atoms with Gasteiger partial charge in [0.2, 0.25) is 0 Å². The highest BCUT2D eigenvalue weighted by molar-refractivity contribution is 8.13. The summed E-state index contributed by atoms with van der Waals surface area (Å²) in [6, 6.07) is 1.21. The topological polar surface area (TPSA) is 65.4 Å². The molecule has 0 amide bonds. The van der Waals surface area contributed by atoms with E-state index < -0.39 is 15.0 Å². The van der Waals surface area contributed by atoms with Crippen molar-refractivity contribution in [1.29, 1.82) is 0 Å². The Balaban J connectivity index is 3.19. The van der Waals surface area contributed by atoms with Crippen LogP contribution in [0.15, 0.2) is 17.2 Å². The lowest BCUT2D eigenvalue weighted by Gasteiger charge is -2.04. The van der Waals surface area contributed by atoms with Crippen molar-refractivity contribution in [2.45, 2.75) is 25.3 Å². The first-order chi connectivity index (χ1) is 7.40. The van der Waals surface area contributed by atoms with Crippen molar-refractivity contribution in [2.75, 3.05) is 6.61 Å². The maximum Gasteiger partial charge on any atom is 0.354 e. The third-order valence-corrected chi connectivity index (χ3v) is 3.30. The second-order valence-corrected chi connectivity index (χ2v) is 5.57. The number of nitrogens with zero attached hydrogens (tertiary/aromatic N) is 1. The molecule has 0 N–H and O–H groups in total. The van der Waals surface area contributed by atoms with Crippen LogP contribution < -0.4 is 0 Å². The van der Waals surface area contributed by atoms with Crippen molar-refractivity contribution in [3.63, 3.8) is 0 Å². The fourth-order valence-electron chi connectivity index (χ4n) is 1.25. The van der Waals surface area contributed by atoms with Gasteiger partial charge in [-0.2, -0.15) is 0 Å². The largest absolute Gasteiger partial charge is 0.461 e. The molecule has 16 heavy (non-hydrogen) atoms. The first-order valence-corrected chi connectivity index (χ1v) is 7.03. The summed E-state index contributed by atoms with van der Waals surface area (Å²) in [4.78, 5) is 11.4. The van der Waals surface area contributed by atoms with E-state index in [1.807, 2.05) is 0 Å². The summed E-state index contributed by atoms with van der Waals surface area (Å²) in [7, 11) is 1.37. The zero-order chi connectivity index (χ0) is 12.3. The lowest BCUT2D eigenvalue weighted by molar-refractivity contribution is 0.0514. The molecule has 7 heteroatoms. The number of aryl methyl sites for hydroxylation is 1. The minimum absolute atomic E-state index is 0.0981. The molecule has 0 fully saturated rings. The maximum absolute atomic E-state index is 11.5. The van der Waals surface area contributed by atoms with Crippen LogP contribution in [0.5, 0.6) is 0 Å². The quantitative estimate of drug-likeness (QED) is 0.613. The minimum Gasteiger partial charge on any atom is -0.461 e. The molecule has 0 aromatic carbocycles. The molecule has 90 valence electrons. The Labute approximate surface area is 98.4 Å². The number of hydrogen-bond acceptors (Lipinski definition) is 4. The van der Waals surface area contributed by atoms with E-state index in [1.165, 1.54) is 16.8 Å². The molecule has 1 heterocycles. The highest BCUT2D eigenvalue weighted by Gasteiger charge is 2.19. The van der Waals surface area contributed by atoms with Crippen LogP contribution in [0, 0.1) is 0 Å². The van der Waals surface area contributed by atoms with Gasteiger partial charge in [0.25, 0.3) is 9.05 Å². The van der Waals surface area contributed by atoms with Crippen molar-refractivity contribution in [1.82, 2.24) is 4.57 Å². The molecule has 0 unspecified atom stereocenters. The summed E-state index contributed by atoms with van der Waals surface area (Å²) in [5.74, 6) is -0.559. The van der Waals surface area contributed by atoms with Crippen LogP contribution in [0.1, 0.15) is 24.3 Å². The van der Waals surface area contributed by atoms with Crippen LogP contribution in [-0.2, 0) is 20.3 Å². The van der Waals surface area contributed by atoms with Gasteiger partial charge in [-0.3, -0.25) is 0 Å². The molecule has 0 aliphatic rings. The summed E-state index contributed by atoms with van der Waals surface area (Å²) in [6.07, 6.45) is 1.31. The lowest BCUT2D eigenvalue weighted by Crippen LogP contribution is -2.10. The van der Waals surface area contributed by atoms with Crippen LogP contribution in [0.3, 0.4) is 0 Å². The number of esters is 1. The Kier molecular flexibility index (Phi) is 3.98. The van der Waals surface area contributed by atoms with E-state index in [0.29, 0.717) is 6.54 Å². The Bertz CT molecular complexity index is 492.